The van der Waals surface area contributed by atoms with Crippen LogP contribution in [0.25, 0.3) is 11.1 Å². The average molecular weight is 388 g/mol. The number of nitrogens with zero attached hydrogens (tertiary/aromatic N) is 3. The molecular weight excluding hydrogens is 364 g/mol. The number of nitrogens with one attached hydrogen (secondary N) is 1. The predicted octanol–water partition coefficient (Wildman–Crippen LogP) is 3.62. The van der Waals surface area contributed by atoms with Gasteiger partial charge in [0.25, 0.3) is 0 Å². The van der Waals surface area contributed by atoms with Gasteiger partial charge in [-0.15, -0.1) is 0 Å². The van der Waals surface area contributed by atoms with Gasteiger partial charge in [-0.1, -0.05) is 42.5 Å². The second-order valence-electron chi connectivity index (χ2n) is 7.36. The molecule has 3 aromatic rings. The highest BCUT2D eigenvalue weighted by molar-refractivity contribution is 5.90. The van der Waals surface area contributed by atoms with Crippen LogP contribution in [0.15, 0.2) is 60.8 Å². The Morgan fingerprint density at radius 2 is 1.86 bits per heavy atom. The van der Waals surface area contributed by atoms with Crippen LogP contribution >= 0.6 is 0 Å². The van der Waals surface area contributed by atoms with Gasteiger partial charge in [0.2, 0.25) is 11.8 Å². The summed E-state index contributed by atoms with van der Waals surface area (Å²) in [5.74, 6) is 0.0846. The molecule has 0 spiro atoms. The molecule has 6 heteroatoms. The molecule has 1 fully saturated rings. The molecule has 1 aromatic heterocycles. The van der Waals surface area contributed by atoms with Gasteiger partial charge >= 0.3 is 0 Å². The lowest BCUT2D eigenvalue weighted by molar-refractivity contribution is -0.128. The van der Waals surface area contributed by atoms with E-state index in [1.165, 1.54) is 0 Å². The van der Waals surface area contributed by atoms with E-state index in [1.807, 2.05) is 72.6 Å². The molecule has 0 saturated carbocycles. The van der Waals surface area contributed by atoms with Crippen LogP contribution in [0.4, 0.5) is 5.69 Å². The molecule has 0 atom stereocenters. The Kier molecular flexibility index (Phi) is 5.42. The van der Waals surface area contributed by atoms with Crippen LogP contribution in [0.5, 0.6) is 0 Å². The summed E-state index contributed by atoms with van der Waals surface area (Å²) in [5.41, 5.74) is 4.81. The lowest BCUT2D eigenvalue weighted by Gasteiger charge is -2.15. The first-order valence-electron chi connectivity index (χ1n) is 9.84. The molecule has 0 aliphatic carbocycles. The molecule has 1 aliphatic rings. The number of amides is 2. The van der Waals surface area contributed by atoms with E-state index in [2.05, 4.69) is 10.4 Å². The van der Waals surface area contributed by atoms with Gasteiger partial charge in [-0.3, -0.25) is 14.3 Å². The Labute approximate surface area is 170 Å². The number of hydrogen-bond donors (Lipinski definition) is 1. The van der Waals surface area contributed by atoms with Crippen LogP contribution in [0.2, 0.25) is 0 Å². The second-order valence-corrected chi connectivity index (χ2v) is 7.36. The summed E-state index contributed by atoms with van der Waals surface area (Å²) >= 11 is 0. The van der Waals surface area contributed by atoms with Crippen molar-refractivity contribution in [3.05, 3.63) is 72.1 Å². The second kappa shape index (κ2) is 8.31. The van der Waals surface area contributed by atoms with Crippen molar-refractivity contribution in [3.63, 3.8) is 0 Å². The van der Waals surface area contributed by atoms with E-state index < -0.39 is 0 Å². The minimum Gasteiger partial charge on any atom is -0.338 e. The first kappa shape index (κ1) is 18.9. The Hall–Kier alpha value is -3.41. The summed E-state index contributed by atoms with van der Waals surface area (Å²) in [5, 5.41) is 7.37. The molecule has 0 radical (unpaired) electrons. The number of rotatable bonds is 6. The van der Waals surface area contributed by atoms with Crippen molar-refractivity contribution in [1.82, 2.24) is 14.7 Å². The zero-order valence-corrected chi connectivity index (χ0v) is 16.5. The van der Waals surface area contributed by atoms with Crippen molar-refractivity contribution in [1.29, 1.82) is 0 Å². The molecule has 2 amide bonds. The van der Waals surface area contributed by atoms with Crippen LogP contribution in [-0.2, 0) is 22.7 Å². The van der Waals surface area contributed by atoms with E-state index >= 15 is 0 Å². The van der Waals surface area contributed by atoms with Crippen LogP contribution in [0, 0.1) is 6.92 Å². The lowest BCUT2D eigenvalue weighted by atomic mass is 10.1. The summed E-state index contributed by atoms with van der Waals surface area (Å²) in [4.78, 5) is 26.0. The molecular formula is C23H24N4O2. The fourth-order valence-corrected chi connectivity index (χ4v) is 3.63. The molecule has 29 heavy (non-hydrogen) atoms. The smallest absolute Gasteiger partial charge is 0.246 e. The van der Waals surface area contributed by atoms with Gasteiger partial charge in [0.1, 0.15) is 6.54 Å². The highest BCUT2D eigenvalue weighted by atomic mass is 16.2. The van der Waals surface area contributed by atoms with Crippen molar-refractivity contribution in [2.75, 3.05) is 11.9 Å². The number of carbonyl (C=O) groups is 2. The normalized spacial score (nSPS) is 13.7. The quantitative estimate of drug-likeness (QED) is 0.701. The van der Waals surface area contributed by atoms with Gasteiger partial charge in [0.05, 0.1) is 5.69 Å². The fourth-order valence-electron chi connectivity index (χ4n) is 3.63. The number of hydrogen-bond acceptors (Lipinski definition) is 3. The molecule has 1 N–H and O–H groups in total. The largest absolute Gasteiger partial charge is 0.338 e. The number of carbonyl (C=O) groups excluding carboxylic acids is 2. The Morgan fingerprint density at radius 3 is 2.55 bits per heavy atom. The average Bonchev–Trinajstić information content (AvgIpc) is 3.29. The van der Waals surface area contributed by atoms with E-state index in [1.54, 1.807) is 4.68 Å². The number of aromatic nitrogens is 2. The third-order valence-electron chi connectivity index (χ3n) is 5.12. The van der Waals surface area contributed by atoms with E-state index in [4.69, 9.17) is 0 Å². The van der Waals surface area contributed by atoms with Crippen LogP contribution in [0.3, 0.4) is 0 Å². The van der Waals surface area contributed by atoms with Crippen LogP contribution < -0.4 is 5.32 Å². The third-order valence-corrected chi connectivity index (χ3v) is 5.12. The monoisotopic (exact) mass is 388 g/mol. The summed E-state index contributed by atoms with van der Waals surface area (Å²) in [6, 6.07) is 17.7. The van der Waals surface area contributed by atoms with Gasteiger partial charge in [-0.25, -0.2) is 0 Å². The molecule has 1 aliphatic heterocycles. The first-order chi connectivity index (χ1) is 14.1. The summed E-state index contributed by atoms with van der Waals surface area (Å²) < 4.78 is 1.67. The lowest BCUT2D eigenvalue weighted by Crippen LogP contribution is -2.23. The van der Waals surface area contributed by atoms with Crippen molar-refractivity contribution >= 4 is 17.5 Å². The maximum Gasteiger partial charge on any atom is 0.246 e. The van der Waals surface area contributed by atoms with Crippen molar-refractivity contribution < 1.29 is 9.59 Å². The minimum absolute atomic E-state index is 0.130. The van der Waals surface area contributed by atoms with Crippen molar-refractivity contribution in [3.8, 4) is 11.1 Å². The third kappa shape index (κ3) is 4.54. The number of likely N-dealkylation sites (tertiary alicyclic amines) is 1. The molecule has 148 valence electrons. The fraction of sp³-hybridized carbons (Fsp3) is 0.261. The summed E-state index contributed by atoms with van der Waals surface area (Å²) in [7, 11) is 0. The highest BCUT2D eigenvalue weighted by Gasteiger charge is 2.19. The first-order valence-corrected chi connectivity index (χ1v) is 9.84. The van der Waals surface area contributed by atoms with E-state index in [0.717, 1.165) is 41.0 Å². The van der Waals surface area contributed by atoms with Crippen molar-refractivity contribution in [2.24, 2.45) is 0 Å². The van der Waals surface area contributed by atoms with Gasteiger partial charge in [-0.05, 0) is 36.6 Å². The maximum absolute atomic E-state index is 12.4. The molecule has 2 heterocycles. The summed E-state index contributed by atoms with van der Waals surface area (Å²) in [6.07, 6.45) is 3.49. The van der Waals surface area contributed by atoms with Crippen LogP contribution in [-0.4, -0.2) is 33.0 Å². The van der Waals surface area contributed by atoms with E-state index in [9.17, 15) is 9.59 Å². The van der Waals surface area contributed by atoms with Gasteiger partial charge in [-0.2, -0.15) is 5.10 Å². The van der Waals surface area contributed by atoms with Crippen molar-refractivity contribution in [2.45, 2.75) is 32.9 Å². The standard InChI is InChI=1S/C23H24N4O2/c1-17-21(19-6-3-2-4-7-19)15-27(25-17)16-22(28)24-20-11-9-18(10-12-20)14-26-13-5-8-23(26)29/h2-4,6-7,9-12,15H,5,8,13-14,16H2,1H3,(H,24,28). The Balaban J connectivity index is 1.36. The van der Waals surface area contributed by atoms with Gasteiger partial charge in [0, 0.05) is 37.0 Å². The zero-order valence-electron chi connectivity index (χ0n) is 16.5. The number of aryl methyl sites for hydroxylation is 1. The predicted molar refractivity (Wildman–Crippen MR) is 112 cm³/mol. The van der Waals surface area contributed by atoms with E-state index in [-0.39, 0.29) is 18.4 Å². The van der Waals surface area contributed by atoms with Gasteiger partial charge < -0.3 is 10.2 Å². The van der Waals surface area contributed by atoms with E-state index in [0.29, 0.717) is 13.0 Å². The zero-order chi connectivity index (χ0) is 20.2. The number of benzene rings is 2. The number of anilines is 1. The molecule has 2 aromatic carbocycles. The molecule has 1 saturated heterocycles. The molecule has 0 bridgehead atoms. The molecule has 0 unspecified atom stereocenters. The highest BCUT2D eigenvalue weighted by Crippen LogP contribution is 2.22. The SMILES string of the molecule is Cc1nn(CC(=O)Nc2ccc(CN3CCCC3=O)cc2)cc1-c1ccccc1. The maximum atomic E-state index is 12.4. The molecule has 4 rings (SSSR count). The summed E-state index contributed by atoms with van der Waals surface area (Å²) in [6.45, 7) is 3.55. The Morgan fingerprint density at radius 1 is 1.10 bits per heavy atom. The van der Waals surface area contributed by atoms with Gasteiger partial charge in [0.15, 0.2) is 0 Å². The topological polar surface area (TPSA) is 67.2 Å². The minimum atomic E-state index is -0.130. The Bertz CT molecular complexity index is 1010. The van der Waals surface area contributed by atoms with Crippen LogP contribution in [0.1, 0.15) is 24.1 Å². The molecule has 6 nitrogen and oxygen atoms in total.